The third-order valence-electron chi connectivity index (χ3n) is 14.5. The lowest BCUT2D eigenvalue weighted by molar-refractivity contribution is -0.163. The van der Waals surface area contributed by atoms with Crippen LogP contribution in [0.4, 0.5) is 4.39 Å². The number of alkyl halides is 1. The standard InChI is InChI=1S/C57H67Cl2FN6O9S/c1-34-45-35(2)49(59)50(48(34)58)73-41(27-66-21-19-65(6)20-22-66)31-71-40-11-12-43(72-28-39-15-18-61-52(64-39)37-13-16-57(60,17-14-37)32-69-30-42-29-68-23-24-70-42)38(25-40)26-44(55(67)75-56(3,4)5)74-53-47-46(45)51(36-9-7-8-10-36)76-54(47)63-33-62-53/h9,11-13,15,18,25,33,41-42,44H,7-8,10,14,16-17,19-24,26-32H2,1-6H3/t41-,42+,44-,57+/m1/s1. The molecule has 15 nitrogen and oxygen atoms in total. The van der Waals surface area contributed by atoms with Crippen LogP contribution in [0.2, 0.25) is 10.0 Å². The predicted molar refractivity (Wildman–Crippen MR) is 292 cm³/mol. The van der Waals surface area contributed by atoms with Gasteiger partial charge in [0.15, 0.2) is 11.6 Å². The van der Waals surface area contributed by atoms with Gasteiger partial charge < -0.3 is 42.8 Å². The monoisotopic (exact) mass is 1100 g/mol. The molecule has 4 aliphatic heterocycles. The first-order valence-electron chi connectivity index (χ1n) is 26.4. The zero-order chi connectivity index (χ0) is 53.1. The number of fused-ring (bicyclic) bond motifs is 7. The molecule has 2 fully saturated rings. The Bertz CT molecular complexity index is 2960. The van der Waals surface area contributed by atoms with Gasteiger partial charge in [-0.05, 0) is 126 Å². The molecule has 6 aliphatic rings. The fourth-order valence-electron chi connectivity index (χ4n) is 10.4. The summed E-state index contributed by atoms with van der Waals surface area (Å²) in [4.78, 5) is 40.0. The average molecular weight is 1100 g/mol. The zero-order valence-corrected chi connectivity index (χ0v) is 46.5. The van der Waals surface area contributed by atoms with Crippen LogP contribution in [-0.4, -0.2) is 145 Å². The fraction of sp³-hybridized carbons (Fsp3) is 0.526. The Morgan fingerprint density at radius 2 is 1.76 bits per heavy atom. The fourth-order valence-corrected chi connectivity index (χ4v) is 12.1. The molecule has 2 saturated heterocycles. The van der Waals surface area contributed by atoms with Gasteiger partial charge in [0.1, 0.15) is 59.3 Å². The van der Waals surface area contributed by atoms with Gasteiger partial charge in [0.2, 0.25) is 12.0 Å². The highest BCUT2D eigenvalue weighted by atomic mass is 35.5. The number of benzene rings is 2. The van der Waals surface area contributed by atoms with Crippen molar-refractivity contribution in [3.8, 4) is 34.3 Å². The Morgan fingerprint density at radius 1 is 0.947 bits per heavy atom. The Hall–Kier alpha value is -4.98. The number of hydrogen-bond acceptors (Lipinski definition) is 16. The number of esters is 1. The number of piperazine rings is 1. The Labute approximate surface area is 458 Å². The van der Waals surface area contributed by atoms with Gasteiger partial charge in [-0.15, -0.1) is 11.3 Å². The van der Waals surface area contributed by atoms with Gasteiger partial charge in [0.25, 0.3) is 0 Å². The molecule has 19 heteroatoms. The smallest absolute Gasteiger partial charge is 0.348 e. The van der Waals surface area contributed by atoms with Crippen molar-refractivity contribution < 1.29 is 47.1 Å². The maximum absolute atomic E-state index is 15.9. The molecule has 11 rings (SSSR count). The number of hydrogen-bond donors (Lipinski definition) is 0. The van der Waals surface area contributed by atoms with Crippen molar-refractivity contribution in [1.29, 1.82) is 0 Å². The van der Waals surface area contributed by atoms with Crippen LogP contribution >= 0.6 is 34.5 Å². The van der Waals surface area contributed by atoms with E-state index in [0.717, 1.165) is 78.1 Å². The van der Waals surface area contributed by atoms with Gasteiger partial charge in [0.05, 0.1) is 54.2 Å². The number of ether oxygens (including phenoxy) is 8. The van der Waals surface area contributed by atoms with Gasteiger partial charge in [-0.25, -0.2) is 29.1 Å². The largest absolute Gasteiger partial charge is 0.490 e. The number of allylic oxidation sites excluding steroid dienone is 4. The normalized spacial score (nSPS) is 22.8. The van der Waals surface area contributed by atoms with Gasteiger partial charge in [0, 0.05) is 67.8 Å². The number of halogens is 3. The van der Waals surface area contributed by atoms with Crippen LogP contribution in [0.25, 0.3) is 32.5 Å². The highest BCUT2D eigenvalue weighted by molar-refractivity contribution is 7.20. The van der Waals surface area contributed by atoms with Crippen molar-refractivity contribution >= 4 is 61.9 Å². The van der Waals surface area contributed by atoms with Crippen molar-refractivity contribution in [2.24, 2.45) is 0 Å². The SMILES string of the molecule is Cc1c(Cl)c2c(Cl)c(C)c1-c1c(C3=CCCC3)sc3ncnc(c13)O[C@@H](C(=O)OC(C)(C)C)Cc1cc(ccc1OCc1ccnc(C3=CC[C@@](F)(COC[C@@H]4COCCO4)CC3)n1)OC[C@@H](CN1CCN(C)CC1)O2. The molecular weight excluding hydrogens is 1030 g/mol. The summed E-state index contributed by atoms with van der Waals surface area (Å²) in [6.45, 7) is 15.5. The topological polar surface area (TPSA) is 149 Å². The van der Waals surface area contributed by atoms with Gasteiger partial charge in [-0.3, -0.25) is 4.90 Å². The second-order valence-corrected chi connectivity index (χ2v) is 23.2. The number of thiophene rings is 1. The van der Waals surface area contributed by atoms with Crippen molar-refractivity contribution in [2.75, 3.05) is 79.4 Å². The van der Waals surface area contributed by atoms with E-state index in [0.29, 0.717) is 87.4 Å². The van der Waals surface area contributed by atoms with Gasteiger partial charge in [-0.1, -0.05) is 35.4 Å². The molecule has 0 spiro atoms. The third kappa shape index (κ3) is 12.6. The van der Waals surface area contributed by atoms with Crippen molar-refractivity contribution in [2.45, 2.75) is 116 Å². The van der Waals surface area contributed by atoms with Gasteiger partial charge >= 0.3 is 5.97 Å². The van der Waals surface area contributed by atoms with E-state index in [1.165, 1.54) is 11.9 Å². The minimum atomic E-state index is -1.51. The van der Waals surface area contributed by atoms with Crippen molar-refractivity contribution in [3.05, 3.63) is 92.1 Å². The average Bonchev–Trinajstić information content (AvgIpc) is 4.08. The Kier molecular flexibility index (Phi) is 16.8. The lowest BCUT2D eigenvalue weighted by Crippen LogP contribution is -2.49. The maximum atomic E-state index is 15.9. The summed E-state index contributed by atoms with van der Waals surface area (Å²) >= 11 is 16.4. The summed E-state index contributed by atoms with van der Waals surface area (Å²) in [7, 11) is 2.13. The van der Waals surface area contributed by atoms with Crippen LogP contribution in [0.1, 0.15) is 92.4 Å². The molecule has 0 radical (unpaired) electrons. The molecule has 2 aromatic carbocycles. The first kappa shape index (κ1) is 54.4. The number of carbonyl (C=O) groups is 1. The van der Waals surface area contributed by atoms with E-state index in [9.17, 15) is 4.79 Å². The van der Waals surface area contributed by atoms with E-state index in [1.54, 1.807) is 23.6 Å². The van der Waals surface area contributed by atoms with Crippen LogP contribution in [0.3, 0.4) is 0 Å². The van der Waals surface area contributed by atoms with Crippen LogP contribution < -0.4 is 18.9 Å². The number of carbonyl (C=O) groups excluding carboxylic acids is 1. The minimum Gasteiger partial charge on any atom is -0.490 e. The summed E-state index contributed by atoms with van der Waals surface area (Å²) in [6.07, 6.45) is 9.15. The molecule has 3 aromatic heterocycles. The van der Waals surface area contributed by atoms with E-state index in [4.69, 9.17) is 76.0 Å². The van der Waals surface area contributed by atoms with E-state index in [-0.39, 0.29) is 57.7 Å². The van der Waals surface area contributed by atoms with Crippen LogP contribution in [0.5, 0.6) is 23.1 Å². The highest BCUT2D eigenvalue weighted by Crippen LogP contribution is 2.53. The molecule has 0 saturated carbocycles. The predicted octanol–water partition coefficient (Wildman–Crippen LogP) is 10.6. The van der Waals surface area contributed by atoms with Crippen LogP contribution in [-0.2, 0) is 36.8 Å². The molecule has 76 heavy (non-hydrogen) atoms. The molecular formula is C57H67Cl2FN6O9S. The van der Waals surface area contributed by atoms with E-state index in [1.807, 2.05) is 58.9 Å². The molecule has 5 aromatic rings. The highest BCUT2D eigenvalue weighted by Gasteiger charge is 2.36. The first-order valence-corrected chi connectivity index (χ1v) is 27.9. The second-order valence-electron chi connectivity index (χ2n) is 21.5. The molecule has 0 amide bonds. The third-order valence-corrected chi connectivity index (χ3v) is 16.5. The number of likely N-dealkylation sites (N-methyl/N-ethyl adjacent to an activating group) is 1. The summed E-state index contributed by atoms with van der Waals surface area (Å²) < 4.78 is 66.0. The second kappa shape index (κ2) is 23.5. The number of nitrogens with zero attached hydrogens (tertiary/aromatic N) is 6. The zero-order valence-electron chi connectivity index (χ0n) is 44.2. The maximum Gasteiger partial charge on any atom is 0.348 e. The lowest BCUT2D eigenvalue weighted by Gasteiger charge is -2.35. The van der Waals surface area contributed by atoms with Crippen LogP contribution in [0.15, 0.2) is 48.9 Å². The van der Waals surface area contributed by atoms with Crippen LogP contribution in [0, 0.1) is 13.8 Å². The molecule has 4 bridgehead atoms. The minimum absolute atomic E-state index is 0.00766. The number of rotatable bonds is 12. The number of aromatic nitrogens is 4. The summed E-state index contributed by atoms with van der Waals surface area (Å²) in [5.41, 5.74) is 4.13. The molecule has 4 atom stereocenters. The molecule has 0 N–H and O–H groups in total. The van der Waals surface area contributed by atoms with Crippen molar-refractivity contribution in [3.63, 3.8) is 0 Å². The van der Waals surface area contributed by atoms with Gasteiger partial charge in [-0.2, -0.15) is 0 Å². The molecule has 2 aliphatic carbocycles. The van der Waals surface area contributed by atoms with E-state index < -0.39 is 29.4 Å². The molecule has 0 unspecified atom stereocenters. The first-order chi connectivity index (χ1) is 36.6. The summed E-state index contributed by atoms with van der Waals surface area (Å²) in [5.74, 6) is 1.51. The van der Waals surface area contributed by atoms with Crippen molar-refractivity contribution in [1.82, 2.24) is 29.7 Å². The van der Waals surface area contributed by atoms with E-state index >= 15 is 4.39 Å². The lowest BCUT2D eigenvalue weighted by atomic mass is 9.87. The summed E-state index contributed by atoms with van der Waals surface area (Å²) in [5, 5.41) is 1.43. The quantitative estimate of drug-likeness (QED) is 0.109. The Balaban J connectivity index is 1.000. The summed E-state index contributed by atoms with van der Waals surface area (Å²) in [6, 6.07) is 7.31. The van der Waals surface area contributed by atoms with E-state index in [2.05, 4.69) is 27.9 Å². The molecule has 406 valence electrons. The molecule has 7 heterocycles. The Morgan fingerprint density at radius 3 is 2.49 bits per heavy atom.